The van der Waals surface area contributed by atoms with Gasteiger partial charge in [-0.2, -0.15) is 5.10 Å². The molecule has 0 spiro atoms. The molecule has 0 aromatic carbocycles. The van der Waals surface area contributed by atoms with Gasteiger partial charge in [-0.25, -0.2) is 9.50 Å². The summed E-state index contributed by atoms with van der Waals surface area (Å²) >= 11 is 0. The Balaban J connectivity index is 2.04. The summed E-state index contributed by atoms with van der Waals surface area (Å²) in [6, 6.07) is 1.91. The summed E-state index contributed by atoms with van der Waals surface area (Å²) in [5.41, 5.74) is 2.20. The molecule has 1 unspecified atom stereocenters. The molecule has 0 aliphatic carbocycles. The molecule has 2 aromatic heterocycles. The number of hydrogen-bond acceptors (Lipinski definition) is 3. The molecule has 14 heavy (non-hydrogen) atoms. The highest BCUT2D eigenvalue weighted by Crippen LogP contribution is 2.21. The number of hydrogen-bond donors (Lipinski definition) is 1. The molecule has 1 aliphatic heterocycles. The molecule has 4 heteroatoms. The zero-order valence-electron chi connectivity index (χ0n) is 7.85. The van der Waals surface area contributed by atoms with Crippen LogP contribution in [0.25, 0.3) is 5.65 Å². The van der Waals surface area contributed by atoms with Crippen LogP contribution in [0.2, 0.25) is 0 Å². The fourth-order valence-corrected chi connectivity index (χ4v) is 1.97. The minimum absolute atomic E-state index is 0.607. The zero-order chi connectivity index (χ0) is 9.38. The number of fused-ring (bicyclic) bond motifs is 1. The summed E-state index contributed by atoms with van der Waals surface area (Å²) in [7, 11) is 0. The molecule has 3 rings (SSSR count). The van der Waals surface area contributed by atoms with E-state index in [0.29, 0.717) is 5.92 Å². The van der Waals surface area contributed by atoms with Crippen LogP contribution in [0.3, 0.4) is 0 Å². The van der Waals surface area contributed by atoms with E-state index in [9.17, 15) is 0 Å². The highest BCUT2D eigenvalue weighted by molar-refractivity contribution is 5.36. The highest BCUT2D eigenvalue weighted by Gasteiger charge is 2.17. The molecule has 0 bridgehead atoms. The Hall–Kier alpha value is -1.42. The first-order valence-electron chi connectivity index (χ1n) is 4.93. The smallest absolute Gasteiger partial charge is 0.154 e. The van der Waals surface area contributed by atoms with Crippen molar-refractivity contribution in [3.8, 4) is 0 Å². The van der Waals surface area contributed by atoms with Gasteiger partial charge in [0, 0.05) is 30.9 Å². The van der Waals surface area contributed by atoms with E-state index < -0.39 is 0 Å². The van der Waals surface area contributed by atoms with Crippen molar-refractivity contribution >= 4 is 5.65 Å². The van der Waals surface area contributed by atoms with Gasteiger partial charge >= 0.3 is 0 Å². The van der Waals surface area contributed by atoms with E-state index in [4.69, 9.17) is 0 Å². The van der Waals surface area contributed by atoms with E-state index in [-0.39, 0.29) is 0 Å². The summed E-state index contributed by atoms with van der Waals surface area (Å²) in [5.74, 6) is 0.607. The average Bonchev–Trinajstić information content (AvgIpc) is 2.88. The summed E-state index contributed by atoms with van der Waals surface area (Å²) in [4.78, 5) is 4.36. The highest BCUT2D eigenvalue weighted by atomic mass is 15.2. The van der Waals surface area contributed by atoms with Crippen LogP contribution in [0.4, 0.5) is 0 Å². The monoisotopic (exact) mass is 188 g/mol. The summed E-state index contributed by atoms with van der Waals surface area (Å²) in [6.45, 7) is 2.18. The maximum atomic E-state index is 4.36. The van der Waals surface area contributed by atoms with Crippen LogP contribution in [0.5, 0.6) is 0 Å². The number of aromatic nitrogens is 3. The normalized spacial score (nSPS) is 21.9. The first-order valence-corrected chi connectivity index (χ1v) is 4.93. The van der Waals surface area contributed by atoms with Crippen LogP contribution in [-0.2, 0) is 0 Å². The Morgan fingerprint density at radius 1 is 1.50 bits per heavy atom. The molecule has 1 atom stereocenters. The minimum atomic E-state index is 0.607. The van der Waals surface area contributed by atoms with Gasteiger partial charge in [-0.1, -0.05) is 0 Å². The third-order valence-electron chi connectivity index (χ3n) is 2.80. The lowest BCUT2D eigenvalue weighted by Crippen LogP contribution is -2.08. The van der Waals surface area contributed by atoms with Gasteiger partial charge in [0.05, 0.1) is 6.20 Å². The third kappa shape index (κ3) is 1.19. The second kappa shape index (κ2) is 3.06. The quantitative estimate of drug-likeness (QED) is 0.720. The minimum Gasteiger partial charge on any atom is -0.316 e. The molecule has 1 aliphatic rings. The second-order valence-electron chi connectivity index (χ2n) is 3.71. The van der Waals surface area contributed by atoms with Gasteiger partial charge in [0.1, 0.15) is 0 Å². The van der Waals surface area contributed by atoms with Crippen LogP contribution < -0.4 is 5.32 Å². The van der Waals surface area contributed by atoms with Crippen molar-refractivity contribution in [1.82, 2.24) is 19.9 Å². The first-order chi connectivity index (χ1) is 6.93. The first kappa shape index (κ1) is 7.94. The van der Waals surface area contributed by atoms with Crippen molar-refractivity contribution in [2.45, 2.75) is 12.3 Å². The van der Waals surface area contributed by atoms with Gasteiger partial charge < -0.3 is 5.32 Å². The topological polar surface area (TPSA) is 42.2 Å². The lowest BCUT2D eigenvalue weighted by molar-refractivity contribution is 0.743. The van der Waals surface area contributed by atoms with Gasteiger partial charge in [0.25, 0.3) is 0 Å². The Labute approximate surface area is 82.0 Å². The second-order valence-corrected chi connectivity index (χ2v) is 3.71. The SMILES string of the molecule is c1cc2ncc(C3CCNC3)cn2n1. The molecule has 1 N–H and O–H groups in total. The zero-order valence-corrected chi connectivity index (χ0v) is 7.85. The molecular weight excluding hydrogens is 176 g/mol. The Kier molecular flexibility index (Phi) is 1.73. The van der Waals surface area contributed by atoms with Gasteiger partial charge in [-0.05, 0) is 18.5 Å². The molecule has 1 fully saturated rings. The molecular formula is C10H12N4. The maximum absolute atomic E-state index is 4.36. The van der Waals surface area contributed by atoms with Crippen LogP contribution >= 0.6 is 0 Å². The van der Waals surface area contributed by atoms with Crippen molar-refractivity contribution in [1.29, 1.82) is 0 Å². The Bertz CT molecular complexity index is 442. The number of rotatable bonds is 1. The molecule has 4 nitrogen and oxygen atoms in total. The molecule has 0 saturated carbocycles. The van der Waals surface area contributed by atoms with Gasteiger partial charge in [0.15, 0.2) is 5.65 Å². The number of nitrogens with one attached hydrogen (secondary N) is 1. The van der Waals surface area contributed by atoms with E-state index >= 15 is 0 Å². The lowest BCUT2D eigenvalue weighted by Gasteiger charge is -2.07. The molecule has 3 heterocycles. The molecule has 0 radical (unpaired) electrons. The predicted octanol–water partition coefficient (Wildman–Crippen LogP) is 0.806. The standard InChI is InChI=1S/C10H12N4/c1-3-11-5-8(1)9-6-12-10-2-4-13-14(10)7-9/h2,4,6-8,11H,1,3,5H2. The third-order valence-corrected chi connectivity index (χ3v) is 2.80. The van der Waals surface area contributed by atoms with Gasteiger partial charge in [-0.15, -0.1) is 0 Å². The van der Waals surface area contributed by atoms with Crippen LogP contribution in [-0.4, -0.2) is 27.7 Å². The van der Waals surface area contributed by atoms with Gasteiger partial charge in [0.2, 0.25) is 0 Å². The Morgan fingerprint density at radius 2 is 2.50 bits per heavy atom. The molecule has 1 saturated heterocycles. The fraction of sp³-hybridized carbons (Fsp3) is 0.400. The summed E-state index contributed by atoms with van der Waals surface area (Å²) in [5, 5.41) is 7.54. The van der Waals surface area contributed by atoms with Crippen LogP contribution in [0.1, 0.15) is 17.9 Å². The predicted molar refractivity (Wildman–Crippen MR) is 53.2 cm³/mol. The van der Waals surface area contributed by atoms with Crippen molar-refractivity contribution < 1.29 is 0 Å². The summed E-state index contributed by atoms with van der Waals surface area (Å²) in [6.07, 6.45) is 7.03. The van der Waals surface area contributed by atoms with E-state index in [0.717, 1.165) is 18.7 Å². The van der Waals surface area contributed by atoms with Crippen molar-refractivity contribution in [3.63, 3.8) is 0 Å². The van der Waals surface area contributed by atoms with Crippen LogP contribution in [0, 0.1) is 0 Å². The van der Waals surface area contributed by atoms with E-state index in [2.05, 4.69) is 21.6 Å². The van der Waals surface area contributed by atoms with E-state index in [1.54, 1.807) is 6.20 Å². The lowest BCUT2D eigenvalue weighted by atomic mass is 10.0. The van der Waals surface area contributed by atoms with Gasteiger partial charge in [-0.3, -0.25) is 0 Å². The van der Waals surface area contributed by atoms with E-state index in [1.807, 2.05) is 16.8 Å². The van der Waals surface area contributed by atoms with Crippen LogP contribution in [0.15, 0.2) is 24.7 Å². The van der Waals surface area contributed by atoms with Crippen molar-refractivity contribution in [2.75, 3.05) is 13.1 Å². The summed E-state index contributed by atoms with van der Waals surface area (Å²) < 4.78 is 1.84. The molecule has 0 amide bonds. The van der Waals surface area contributed by atoms with E-state index in [1.165, 1.54) is 12.0 Å². The number of nitrogens with zero attached hydrogens (tertiary/aromatic N) is 3. The largest absolute Gasteiger partial charge is 0.316 e. The average molecular weight is 188 g/mol. The fourth-order valence-electron chi connectivity index (χ4n) is 1.97. The van der Waals surface area contributed by atoms with Crippen molar-refractivity contribution in [2.24, 2.45) is 0 Å². The van der Waals surface area contributed by atoms with Crippen molar-refractivity contribution in [3.05, 3.63) is 30.2 Å². The molecule has 72 valence electrons. The maximum Gasteiger partial charge on any atom is 0.154 e. The molecule has 2 aromatic rings. The Morgan fingerprint density at radius 3 is 3.36 bits per heavy atom.